The molecule has 0 radical (unpaired) electrons. The van der Waals surface area contributed by atoms with Gasteiger partial charge in [0.1, 0.15) is 0 Å². The molecule has 0 aromatic rings. The van der Waals surface area contributed by atoms with E-state index in [4.69, 9.17) is 4.74 Å². The van der Waals surface area contributed by atoms with Crippen LogP contribution in [0.15, 0.2) is 0 Å². The van der Waals surface area contributed by atoms with Crippen LogP contribution in [-0.2, 0) is 4.74 Å². The van der Waals surface area contributed by atoms with E-state index in [2.05, 4.69) is 6.92 Å². The summed E-state index contributed by atoms with van der Waals surface area (Å²) < 4.78 is 5.66. The molecule has 0 amide bonds. The Bertz CT molecular complexity index is 98.0. The molecule has 3 rings (SSSR count). The van der Waals surface area contributed by atoms with Gasteiger partial charge in [0.05, 0.1) is 12.2 Å². The van der Waals surface area contributed by atoms with Crippen LogP contribution in [0.3, 0.4) is 0 Å². The van der Waals surface area contributed by atoms with E-state index < -0.39 is 0 Å². The second-order valence-corrected chi connectivity index (χ2v) is 3.70. The third-order valence-electron chi connectivity index (χ3n) is 2.83. The van der Waals surface area contributed by atoms with Gasteiger partial charge in [-0.1, -0.05) is 0 Å². The third kappa shape index (κ3) is 0.877. The van der Waals surface area contributed by atoms with Crippen molar-refractivity contribution in [3.05, 3.63) is 0 Å². The summed E-state index contributed by atoms with van der Waals surface area (Å²) in [6, 6.07) is 0. The molecule has 3 aliphatic rings. The molecule has 2 heterocycles. The first-order chi connectivity index (χ1) is 4.29. The Morgan fingerprint density at radius 1 is 1.33 bits per heavy atom. The second-order valence-electron chi connectivity index (χ2n) is 3.70. The van der Waals surface area contributed by atoms with Crippen molar-refractivity contribution in [2.75, 3.05) is 6.61 Å². The van der Waals surface area contributed by atoms with Crippen molar-refractivity contribution >= 4 is 0 Å². The molecule has 1 heteroatoms. The normalized spacial score (nSPS) is 49.7. The maximum Gasteiger partial charge on any atom is 0.0654 e. The monoisotopic (exact) mass is 126 g/mol. The third-order valence-corrected chi connectivity index (χ3v) is 2.83. The second kappa shape index (κ2) is 1.72. The van der Waals surface area contributed by atoms with Crippen LogP contribution in [0, 0.1) is 5.92 Å². The summed E-state index contributed by atoms with van der Waals surface area (Å²) in [7, 11) is 0. The summed E-state index contributed by atoms with van der Waals surface area (Å²) in [5.41, 5.74) is 0.286. The average molecular weight is 126 g/mol. The van der Waals surface area contributed by atoms with Crippen LogP contribution in [-0.4, -0.2) is 12.2 Å². The number of rotatable bonds is 0. The summed E-state index contributed by atoms with van der Waals surface area (Å²) in [5.74, 6) is 0.909. The minimum atomic E-state index is 0.286. The van der Waals surface area contributed by atoms with E-state index in [-0.39, 0.29) is 5.60 Å². The van der Waals surface area contributed by atoms with Gasteiger partial charge >= 0.3 is 0 Å². The van der Waals surface area contributed by atoms with E-state index >= 15 is 0 Å². The molecule has 1 nitrogen and oxygen atoms in total. The van der Waals surface area contributed by atoms with E-state index in [0.717, 1.165) is 12.5 Å². The number of ether oxygens (including phenoxy) is 1. The lowest BCUT2D eigenvalue weighted by Gasteiger charge is -2.44. The molecule has 2 saturated heterocycles. The van der Waals surface area contributed by atoms with Crippen LogP contribution in [0.25, 0.3) is 0 Å². The first kappa shape index (κ1) is 5.72. The molecule has 2 aliphatic heterocycles. The van der Waals surface area contributed by atoms with Gasteiger partial charge in [-0.05, 0) is 38.5 Å². The Labute approximate surface area is 56.4 Å². The van der Waals surface area contributed by atoms with Crippen molar-refractivity contribution in [1.29, 1.82) is 0 Å². The Hall–Kier alpha value is -0.0400. The van der Waals surface area contributed by atoms with Gasteiger partial charge in [-0.25, -0.2) is 0 Å². The van der Waals surface area contributed by atoms with Crippen molar-refractivity contribution in [3.8, 4) is 0 Å². The van der Waals surface area contributed by atoms with Crippen LogP contribution in [0.1, 0.15) is 32.6 Å². The van der Waals surface area contributed by atoms with Crippen LogP contribution < -0.4 is 0 Å². The van der Waals surface area contributed by atoms with Gasteiger partial charge in [0, 0.05) is 0 Å². The Morgan fingerprint density at radius 2 is 2.00 bits per heavy atom. The molecule has 52 valence electrons. The van der Waals surface area contributed by atoms with Gasteiger partial charge in [0.15, 0.2) is 0 Å². The highest BCUT2D eigenvalue weighted by molar-refractivity contribution is 4.87. The van der Waals surface area contributed by atoms with E-state index in [1.807, 2.05) is 0 Å². The highest BCUT2D eigenvalue weighted by Crippen LogP contribution is 2.40. The van der Waals surface area contributed by atoms with Gasteiger partial charge < -0.3 is 4.74 Å². The van der Waals surface area contributed by atoms with Crippen molar-refractivity contribution in [2.45, 2.75) is 38.2 Å². The van der Waals surface area contributed by atoms with Crippen LogP contribution >= 0.6 is 0 Å². The molecule has 2 bridgehead atoms. The fraction of sp³-hybridized carbons (Fsp3) is 1.00. The zero-order valence-electron chi connectivity index (χ0n) is 6.02. The molecular weight excluding hydrogens is 112 g/mol. The smallest absolute Gasteiger partial charge is 0.0654 e. The molecule has 1 aliphatic carbocycles. The molecule has 0 atom stereocenters. The van der Waals surface area contributed by atoms with Gasteiger partial charge in [-0.2, -0.15) is 0 Å². The maximum atomic E-state index is 5.66. The topological polar surface area (TPSA) is 9.23 Å². The molecule has 0 unspecified atom stereocenters. The lowest BCUT2D eigenvalue weighted by Crippen LogP contribution is -2.42. The summed E-state index contributed by atoms with van der Waals surface area (Å²) in [4.78, 5) is 0. The number of hydrogen-bond acceptors (Lipinski definition) is 1. The van der Waals surface area contributed by atoms with E-state index in [1.54, 1.807) is 0 Å². The minimum Gasteiger partial charge on any atom is -0.375 e. The number of hydrogen-bond donors (Lipinski definition) is 0. The summed E-state index contributed by atoms with van der Waals surface area (Å²) in [6.45, 7) is 3.29. The van der Waals surface area contributed by atoms with E-state index in [1.165, 1.54) is 25.7 Å². The highest BCUT2D eigenvalue weighted by atomic mass is 16.5. The Morgan fingerprint density at radius 3 is 2.22 bits per heavy atom. The van der Waals surface area contributed by atoms with Gasteiger partial charge in [0.25, 0.3) is 0 Å². The maximum absolute atomic E-state index is 5.66. The first-order valence-electron chi connectivity index (χ1n) is 3.92. The fourth-order valence-electron chi connectivity index (χ4n) is 1.92. The first-order valence-corrected chi connectivity index (χ1v) is 3.92. The molecule has 9 heavy (non-hydrogen) atoms. The predicted molar refractivity (Wildman–Crippen MR) is 36.3 cm³/mol. The van der Waals surface area contributed by atoms with Gasteiger partial charge in [-0.3, -0.25) is 0 Å². The molecule has 0 aromatic heterocycles. The van der Waals surface area contributed by atoms with E-state index in [0.29, 0.717) is 0 Å². The standard InChI is InChI=1S/C8H14O/c1-8-4-2-7(3-5-8)6-9-8/h7H,2-6H2,1H3. The van der Waals surface area contributed by atoms with Crippen LogP contribution in [0.2, 0.25) is 0 Å². The average Bonchev–Trinajstić information content (AvgIpc) is 1.90. The molecule has 0 N–H and O–H groups in total. The number of fused-ring (bicyclic) bond motifs is 3. The molecule has 1 saturated carbocycles. The van der Waals surface area contributed by atoms with E-state index in [9.17, 15) is 0 Å². The largest absolute Gasteiger partial charge is 0.375 e. The SMILES string of the molecule is CC12CCC(CC1)CO2. The van der Waals surface area contributed by atoms with Crippen molar-refractivity contribution in [2.24, 2.45) is 5.92 Å². The van der Waals surface area contributed by atoms with Crippen LogP contribution in [0.5, 0.6) is 0 Å². The molecule has 3 fully saturated rings. The summed E-state index contributed by atoms with van der Waals surface area (Å²) in [6.07, 6.45) is 5.43. The summed E-state index contributed by atoms with van der Waals surface area (Å²) >= 11 is 0. The fourth-order valence-corrected chi connectivity index (χ4v) is 1.92. The van der Waals surface area contributed by atoms with Crippen molar-refractivity contribution in [1.82, 2.24) is 0 Å². The van der Waals surface area contributed by atoms with Gasteiger partial charge in [0.2, 0.25) is 0 Å². The lowest BCUT2D eigenvalue weighted by molar-refractivity contribution is -0.132. The molecular formula is C8H14O. The van der Waals surface area contributed by atoms with Crippen molar-refractivity contribution in [3.63, 3.8) is 0 Å². The van der Waals surface area contributed by atoms with Crippen molar-refractivity contribution < 1.29 is 4.74 Å². The highest BCUT2D eigenvalue weighted by Gasteiger charge is 2.37. The summed E-state index contributed by atoms with van der Waals surface area (Å²) in [5, 5.41) is 0. The lowest BCUT2D eigenvalue weighted by atomic mass is 9.77. The molecule has 0 aromatic carbocycles. The molecule has 0 spiro atoms. The Balaban J connectivity index is 2.11. The zero-order valence-corrected chi connectivity index (χ0v) is 6.02. The predicted octanol–water partition coefficient (Wildman–Crippen LogP) is 1.97. The van der Waals surface area contributed by atoms with Crippen LogP contribution in [0.4, 0.5) is 0 Å². The minimum absolute atomic E-state index is 0.286. The quantitative estimate of drug-likeness (QED) is 0.482. The zero-order chi connectivity index (χ0) is 6.32. The Kier molecular flexibility index (Phi) is 1.10. The van der Waals surface area contributed by atoms with Gasteiger partial charge in [-0.15, -0.1) is 0 Å².